The normalized spacial score (nSPS) is 10.4. The van der Waals surface area contributed by atoms with E-state index in [1.165, 1.54) is 0 Å². The number of nitrogens with two attached hydrogens (primary N) is 1. The molecule has 0 aliphatic rings. The molecule has 0 radical (unpaired) electrons. The van der Waals surface area contributed by atoms with Crippen LogP contribution in [0.15, 0.2) is 84.9 Å². The second-order valence-electron chi connectivity index (χ2n) is 6.07. The van der Waals surface area contributed by atoms with Crippen molar-refractivity contribution in [3.05, 3.63) is 84.9 Å². The second-order valence-corrected chi connectivity index (χ2v) is 6.07. The molecule has 4 aromatic rings. The summed E-state index contributed by atoms with van der Waals surface area (Å²) in [5, 5.41) is 2.63. The Morgan fingerprint density at radius 3 is 1.64 bits per heavy atom. The van der Waals surface area contributed by atoms with Crippen molar-refractivity contribution in [2.24, 2.45) is 5.73 Å². The zero-order chi connectivity index (χ0) is 19.3. The number of anilines is 1. The summed E-state index contributed by atoms with van der Waals surface area (Å²) in [5.74, 6) is 1.56. The Morgan fingerprint density at radius 1 is 0.643 bits per heavy atom. The first-order valence-electron chi connectivity index (χ1n) is 8.73. The predicted octanol–water partition coefficient (Wildman–Crippen LogP) is 4.36. The van der Waals surface area contributed by atoms with Crippen molar-refractivity contribution in [1.82, 2.24) is 15.0 Å². The average molecular weight is 367 g/mol. The number of rotatable bonds is 4. The molecule has 0 bridgehead atoms. The lowest BCUT2D eigenvalue weighted by molar-refractivity contribution is 0.259. The van der Waals surface area contributed by atoms with E-state index in [9.17, 15) is 4.79 Å². The lowest BCUT2D eigenvalue weighted by Crippen LogP contribution is -2.19. The van der Waals surface area contributed by atoms with Gasteiger partial charge < -0.3 is 11.1 Å². The molecular formula is C22H17N5O. The minimum Gasteiger partial charge on any atom is -0.351 e. The lowest BCUT2D eigenvalue weighted by Gasteiger charge is -2.11. The largest absolute Gasteiger partial charge is 0.351 e. The van der Waals surface area contributed by atoms with Gasteiger partial charge in [-0.05, 0) is 12.1 Å². The van der Waals surface area contributed by atoms with Crippen LogP contribution in [-0.4, -0.2) is 21.0 Å². The predicted molar refractivity (Wildman–Crippen MR) is 109 cm³/mol. The molecular weight excluding hydrogens is 350 g/mol. The molecule has 6 heteroatoms. The van der Waals surface area contributed by atoms with Crippen LogP contribution >= 0.6 is 0 Å². The Balaban J connectivity index is 1.92. The topological polar surface area (TPSA) is 93.8 Å². The Morgan fingerprint density at radius 2 is 1.11 bits per heavy atom. The van der Waals surface area contributed by atoms with Gasteiger partial charge in [0.05, 0.1) is 5.69 Å². The molecule has 0 atom stereocenters. The van der Waals surface area contributed by atoms with Gasteiger partial charge in [0.1, 0.15) is 0 Å². The van der Waals surface area contributed by atoms with Gasteiger partial charge in [-0.25, -0.2) is 19.7 Å². The number of carbonyl (C=O) groups is 1. The standard InChI is InChI=1S/C22H17N5O/c23-22(28)24-18-14-8-7-13-17(18)21-26-19(15-9-3-1-4-10-15)25-20(27-21)16-11-5-2-6-12-16/h1-14H,(H3,23,24,28). The average Bonchev–Trinajstić information content (AvgIpc) is 2.75. The summed E-state index contributed by atoms with van der Waals surface area (Å²) in [6, 6.07) is 26.0. The highest BCUT2D eigenvalue weighted by molar-refractivity contribution is 5.92. The lowest BCUT2D eigenvalue weighted by atomic mass is 10.1. The Hall–Kier alpha value is -4.06. The van der Waals surface area contributed by atoms with Crippen LogP contribution < -0.4 is 11.1 Å². The van der Waals surface area contributed by atoms with E-state index in [0.717, 1.165) is 11.1 Å². The van der Waals surface area contributed by atoms with Gasteiger partial charge in [0, 0.05) is 16.7 Å². The van der Waals surface area contributed by atoms with Crippen LogP contribution in [0.2, 0.25) is 0 Å². The molecule has 2 amide bonds. The molecule has 0 spiro atoms. The summed E-state index contributed by atoms with van der Waals surface area (Å²) in [6.45, 7) is 0. The molecule has 1 aromatic heterocycles. The van der Waals surface area contributed by atoms with Gasteiger partial charge in [-0.15, -0.1) is 0 Å². The molecule has 4 rings (SSSR count). The zero-order valence-corrected chi connectivity index (χ0v) is 14.9. The number of hydrogen-bond donors (Lipinski definition) is 2. The van der Waals surface area contributed by atoms with Crippen molar-refractivity contribution >= 4 is 11.7 Å². The number of carbonyl (C=O) groups excluding carboxylic acids is 1. The Labute approximate surface area is 162 Å². The molecule has 1 heterocycles. The molecule has 0 saturated heterocycles. The SMILES string of the molecule is NC(=O)Nc1ccccc1-c1nc(-c2ccccc2)nc(-c2ccccc2)n1. The van der Waals surface area contributed by atoms with E-state index < -0.39 is 6.03 Å². The number of aromatic nitrogens is 3. The molecule has 3 N–H and O–H groups in total. The number of amides is 2. The highest BCUT2D eigenvalue weighted by Gasteiger charge is 2.14. The van der Waals surface area contributed by atoms with Crippen LogP contribution in [0.25, 0.3) is 34.2 Å². The summed E-state index contributed by atoms with van der Waals surface area (Å²) in [7, 11) is 0. The Bertz CT molecular complexity index is 1060. The van der Waals surface area contributed by atoms with Crippen molar-refractivity contribution < 1.29 is 4.79 Å². The fourth-order valence-corrected chi connectivity index (χ4v) is 2.85. The number of para-hydroxylation sites is 1. The molecule has 0 fully saturated rings. The molecule has 0 unspecified atom stereocenters. The minimum absolute atomic E-state index is 0.456. The highest BCUT2D eigenvalue weighted by atomic mass is 16.2. The monoisotopic (exact) mass is 367 g/mol. The van der Waals surface area contributed by atoms with Gasteiger partial charge >= 0.3 is 6.03 Å². The third-order valence-electron chi connectivity index (χ3n) is 4.13. The number of hydrogen-bond acceptors (Lipinski definition) is 4. The van der Waals surface area contributed by atoms with Crippen molar-refractivity contribution in [2.45, 2.75) is 0 Å². The number of nitrogens with zero attached hydrogens (tertiary/aromatic N) is 3. The molecule has 28 heavy (non-hydrogen) atoms. The van der Waals surface area contributed by atoms with Crippen molar-refractivity contribution in [1.29, 1.82) is 0 Å². The minimum atomic E-state index is -0.645. The van der Waals surface area contributed by atoms with Gasteiger partial charge in [-0.3, -0.25) is 0 Å². The van der Waals surface area contributed by atoms with Crippen LogP contribution in [0.3, 0.4) is 0 Å². The first-order valence-corrected chi connectivity index (χ1v) is 8.73. The van der Waals surface area contributed by atoms with Crippen LogP contribution in [0.5, 0.6) is 0 Å². The van der Waals surface area contributed by atoms with E-state index in [1.54, 1.807) is 6.07 Å². The molecule has 0 aliphatic heterocycles. The number of benzene rings is 3. The fourth-order valence-electron chi connectivity index (χ4n) is 2.85. The van der Waals surface area contributed by atoms with Gasteiger partial charge in [0.25, 0.3) is 0 Å². The summed E-state index contributed by atoms with van der Waals surface area (Å²) in [6.07, 6.45) is 0. The number of nitrogens with one attached hydrogen (secondary N) is 1. The number of urea groups is 1. The molecule has 6 nitrogen and oxygen atoms in total. The molecule has 0 aliphatic carbocycles. The van der Waals surface area contributed by atoms with Crippen LogP contribution in [-0.2, 0) is 0 Å². The maximum absolute atomic E-state index is 11.4. The summed E-state index contributed by atoms with van der Waals surface area (Å²) >= 11 is 0. The van der Waals surface area contributed by atoms with E-state index >= 15 is 0 Å². The van der Waals surface area contributed by atoms with Crippen molar-refractivity contribution in [3.63, 3.8) is 0 Å². The second kappa shape index (κ2) is 7.67. The van der Waals surface area contributed by atoms with Crippen molar-refractivity contribution in [3.8, 4) is 34.2 Å². The van der Waals surface area contributed by atoms with Gasteiger partial charge in [0.2, 0.25) is 0 Å². The van der Waals surface area contributed by atoms with E-state index in [0.29, 0.717) is 28.7 Å². The zero-order valence-electron chi connectivity index (χ0n) is 14.9. The summed E-state index contributed by atoms with van der Waals surface area (Å²) in [4.78, 5) is 25.3. The molecule has 3 aromatic carbocycles. The first-order chi connectivity index (χ1) is 13.7. The van der Waals surface area contributed by atoms with Crippen LogP contribution in [0.4, 0.5) is 10.5 Å². The smallest absolute Gasteiger partial charge is 0.316 e. The van der Waals surface area contributed by atoms with Gasteiger partial charge in [-0.2, -0.15) is 0 Å². The maximum Gasteiger partial charge on any atom is 0.316 e. The summed E-state index contributed by atoms with van der Waals surface area (Å²) in [5.41, 5.74) is 8.27. The third-order valence-corrected chi connectivity index (χ3v) is 4.13. The van der Waals surface area contributed by atoms with Crippen LogP contribution in [0, 0.1) is 0 Å². The first kappa shape index (κ1) is 17.4. The molecule has 136 valence electrons. The summed E-state index contributed by atoms with van der Waals surface area (Å²) < 4.78 is 0. The van der Waals surface area contributed by atoms with Gasteiger partial charge in [0.15, 0.2) is 17.5 Å². The van der Waals surface area contributed by atoms with E-state index in [4.69, 9.17) is 5.73 Å². The quantitative estimate of drug-likeness (QED) is 0.560. The molecule has 0 saturated carbocycles. The van der Waals surface area contributed by atoms with Crippen LogP contribution in [0.1, 0.15) is 0 Å². The fraction of sp³-hybridized carbons (Fsp3) is 0. The van der Waals surface area contributed by atoms with E-state index in [2.05, 4.69) is 20.3 Å². The van der Waals surface area contributed by atoms with E-state index in [-0.39, 0.29) is 0 Å². The maximum atomic E-state index is 11.4. The highest BCUT2D eigenvalue weighted by Crippen LogP contribution is 2.28. The van der Waals surface area contributed by atoms with Crippen molar-refractivity contribution in [2.75, 3.05) is 5.32 Å². The third kappa shape index (κ3) is 3.71. The van der Waals surface area contributed by atoms with Gasteiger partial charge in [-0.1, -0.05) is 72.8 Å². The van der Waals surface area contributed by atoms with E-state index in [1.807, 2.05) is 78.9 Å². The number of primary amides is 1. The Kier molecular flexibility index (Phi) is 4.76.